The summed E-state index contributed by atoms with van der Waals surface area (Å²) in [5.74, 6) is 0. The molecule has 1 heterocycles. The largest absolute Gasteiger partial charge is 0.298 e. The van der Waals surface area contributed by atoms with Gasteiger partial charge in [-0.15, -0.1) is 0 Å². The number of benzene rings is 2. The van der Waals surface area contributed by atoms with E-state index in [4.69, 9.17) is 22.3 Å². The number of halogens is 2. The highest BCUT2D eigenvalue weighted by atomic mass is 35.7. The first kappa shape index (κ1) is 15.2. The van der Waals surface area contributed by atoms with Crippen molar-refractivity contribution in [1.82, 2.24) is 5.43 Å². The van der Waals surface area contributed by atoms with Crippen LogP contribution >= 0.6 is 22.3 Å². The number of hydrazine groups is 1. The van der Waals surface area contributed by atoms with E-state index in [1.165, 1.54) is 12.1 Å². The standard InChI is InChI=1S/C15H12Cl2N2O2S/c16-12-3-1-11(2-4-12)15-9-10-19(18-15)13-5-7-14(8-6-13)22(17,20)21/h1-9,18H,10H2. The summed E-state index contributed by atoms with van der Waals surface area (Å²) in [5.41, 5.74) is 6.13. The molecule has 0 saturated heterocycles. The molecule has 0 fully saturated rings. The Morgan fingerprint density at radius 3 is 2.23 bits per heavy atom. The minimum atomic E-state index is -3.69. The predicted molar refractivity (Wildman–Crippen MR) is 89.4 cm³/mol. The average molecular weight is 355 g/mol. The predicted octanol–water partition coefficient (Wildman–Crippen LogP) is 3.63. The van der Waals surface area contributed by atoms with Crippen molar-refractivity contribution in [2.45, 2.75) is 4.90 Å². The van der Waals surface area contributed by atoms with E-state index >= 15 is 0 Å². The summed E-state index contributed by atoms with van der Waals surface area (Å²) in [5, 5.41) is 2.60. The van der Waals surface area contributed by atoms with Gasteiger partial charge in [-0.2, -0.15) is 0 Å². The second kappa shape index (κ2) is 5.83. The highest BCUT2D eigenvalue weighted by Crippen LogP contribution is 2.24. The van der Waals surface area contributed by atoms with Gasteiger partial charge in [0.2, 0.25) is 0 Å². The molecule has 0 amide bonds. The number of hydrogen-bond donors (Lipinski definition) is 1. The fraction of sp³-hybridized carbons (Fsp3) is 0.0667. The van der Waals surface area contributed by atoms with Gasteiger partial charge in [-0.3, -0.25) is 10.4 Å². The van der Waals surface area contributed by atoms with Crippen LogP contribution in [0.4, 0.5) is 5.69 Å². The van der Waals surface area contributed by atoms with Crippen LogP contribution in [0.2, 0.25) is 5.02 Å². The van der Waals surface area contributed by atoms with Crippen molar-refractivity contribution in [2.24, 2.45) is 0 Å². The third-order valence-electron chi connectivity index (χ3n) is 3.32. The Morgan fingerprint density at radius 2 is 1.64 bits per heavy atom. The third kappa shape index (κ3) is 3.21. The lowest BCUT2D eigenvalue weighted by atomic mass is 10.1. The zero-order valence-corrected chi connectivity index (χ0v) is 13.7. The highest BCUT2D eigenvalue weighted by Gasteiger charge is 2.16. The Morgan fingerprint density at radius 1 is 1.00 bits per heavy atom. The van der Waals surface area contributed by atoms with E-state index in [0.29, 0.717) is 11.6 Å². The van der Waals surface area contributed by atoms with Crippen molar-refractivity contribution in [3.05, 3.63) is 65.2 Å². The molecule has 1 aliphatic rings. The minimum absolute atomic E-state index is 0.0861. The Hall–Kier alpha value is -1.69. The Balaban J connectivity index is 1.75. The molecule has 0 atom stereocenters. The van der Waals surface area contributed by atoms with E-state index in [1.807, 2.05) is 29.3 Å². The van der Waals surface area contributed by atoms with Crippen molar-refractivity contribution < 1.29 is 8.42 Å². The fourth-order valence-corrected chi connectivity index (χ4v) is 3.09. The van der Waals surface area contributed by atoms with Gasteiger partial charge in [0.25, 0.3) is 9.05 Å². The molecule has 22 heavy (non-hydrogen) atoms. The van der Waals surface area contributed by atoms with E-state index in [-0.39, 0.29) is 4.90 Å². The molecule has 0 bridgehead atoms. The maximum atomic E-state index is 11.2. The highest BCUT2D eigenvalue weighted by molar-refractivity contribution is 8.13. The lowest BCUT2D eigenvalue weighted by Crippen LogP contribution is -2.31. The van der Waals surface area contributed by atoms with E-state index in [1.54, 1.807) is 12.1 Å². The van der Waals surface area contributed by atoms with Gasteiger partial charge >= 0.3 is 0 Å². The average Bonchev–Trinajstić information content (AvgIpc) is 2.97. The Labute approximate surface area is 138 Å². The lowest BCUT2D eigenvalue weighted by Gasteiger charge is -2.20. The van der Waals surface area contributed by atoms with Crippen LogP contribution in [0.15, 0.2) is 59.5 Å². The lowest BCUT2D eigenvalue weighted by molar-refractivity contribution is 0.609. The minimum Gasteiger partial charge on any atom is -0.298 e. The SMILES string of the molecule is O=S(=O)(Cl)c1ccc(N2CC=C(c3ccc(Cl)cc3)N2)cc1. The summed E-state index contributed by atoms with van der Waals surface area (Å²) in [7, 11) is 1.62. The van der Waals surface area contributed by atoms with Crippen molar-refractivity contribution in [3.8, 4) is 0 Å². The van der Waals surface area contributed by atoms with Crippen LogP contribution < -0.4 is 10.4 Å². The van der Waals surface area contributed by atoms with Crippen molar-refractivity contribution in [1.29, 1.82) is 0 Å². The normalized spacial score (nSPS) is 14.6. The van der Waals surface area contributed by atoms with Gasteiger partial charge < -0.3 is 0 Å². The number of nitrogens with one attached hydrogen (secondary N) is 1. The Bertz CT molecular complexity index is 816. The molecule has 7 heteroatoms. The zero-order valence-electron chi connectivity index (χ0n) is 11.3. The fourth-order valence-electron chi connectivity index (χ4n) is 2.19. The molecule has 1 aliphatic heterocycles. The van der Waals surface area contributed by atoms with Crippen LogP contribution in [0.25, 0.3) is 5.70 Å². The number of rotatable bonds is 3. The maximum absolute atomic E-state index is 11.2. The van der Waals surface area contributed by atoms with Crippen LogP contribution in [0.1, 0.15) is 5.56 Å². The summed E-state index contributed by atoms with van der Waals surface area (Å²) >= 11 is 5.88. The molecule has 1 N–H and O–H groups in total. The molecule has 2 aromatic rings. The molecular formula is C15H12Cl2N2O2S. The molecular weight excluding hydrogens is 343 g/mol. The van der Waals surface area contributed by atoms with Gasteiger partial charge in [-0.1, -0.05) is 23.7 Å². The van der Waals surface area contributed by atoms with Gasteiger partial charge in [0.15, 0.2) is 0 Å². The van der Waals surface area contributed by atoms with E-state index in [9.17, 15) is 8.42 Å². The molecule has 0 aliphatic carbocycles. The number of hydrogen-bond acceptors (Lipinski definition) is 4. The first-order valence-electron chi connectivity index (χ1n) is 6.48. The molecule has 114 valence electrons. The van der Waals surface area contributed by atoms with Gasteiger partial charge in [0, 0.05) is 15.7 Å². The zero-order chi connectivity index (χ0) is 15.7. The molecule has 0 spiro atoms. The van der Waals surface area contributed by atoms with Crippen molar-refractivity contribution in [2.75, 3.05) is 11.6 Å². The second-order valence-corrected chi connectivity index (χ2v) is 7.78. The van der Waals surface area contributed by atoms with Gasteiger partial charge in [0.1, 0.15) is 0 Å². The smallest absolute Gasteiger partial charge is 0.261 e. The molecule has 2 aromatic carbocycles. The van der Waals surface area contributed by atoms with E-state index in [0.717, 1.165) is 16.9 Å². The monoisotopic (exact) mass is 354 g/mol. The molecule has 4 nitrogen and oxygen atoms in total. The van der Waals surface area contributed by atoms with Crippen LogP contribution in [-0.4, -0.2) is 15.0 Å². The summed E-state index contributed by atoms with van der Waals surface area (Å²) in [6.07, 6.45) is 2.05. The molecule has 0 radical (unpaired) electrons. The van der Waals surface area contributed by atoms with Crippen molar-refractivity contribution >= 4 is 42.7 Å². The van der Waals surface area contributed by atoms with Crippen LogP contribution in [0, 0.1) is 0 Å². The summed E-state index contributed by atoms with van der Waals surface area (Å²) in [6.45, 7) is 0.672. The quantitative estimate of drug-likeness (QED) is 0.855. The first-order chi connectivity index (χ1) is 10.4. The van der Waals surface area contributed by atoms with Crippen molar-refractivity contribution in [3.63, 3.8) is 0 Å². The van der Waals surface area contributed by atoms with Crippen LogP contribution in [-0.2, 0) is 9.05 Å². The number of nitrogens with zero attached hydrogens (tertiary/aromatic N) is 1. The van der Waals surface area contributed by atoms with Gasteiger partial charge in [0.05, 0.1) is 22.8 Å². The molecule has 0 aromatic heterocycles. The number of anilines is 1. The summed E-state index contributed by atoms with van der Waals surface area (Å²) in [6, 6.07) is 13.9. The Kier molecular flexibility index (Phi) is 4.04. The van der Waals surface area contributed by atoms with Crippen LogP contribution in [0.3, 0.4) is 0 Å². The third-order valence-corrected chi connectivity index (χ3v) is 4.94. The van der Waals surface area contributed by atoms with E-state index < -0.39 is 9.05 Å². The maximum Gasteiger partial charge on any atom is 0.261 e. The summed E-state index contributed by atoms with van der Waals surface area (Å²) in [4.78, 5) is 0.0861. The first-order valence-corrected chi connectivity index (χ1v) is 9.17. The van der Waals surface area contributed by atoms with E-state index in [2.05, 4.69) is 11.5 Å². The summed E-state index contributed by atoms with van der Waals surface area (Å²) < 4.78 is 22.5. The van der Waals surface area contributed by atoms with Gasteiger partial charge in [-0.05, 0) is 48.0 Å². The second-order valence-electron chi connectivity index (χ2n) is 4.78. The molecule has 0 unspecified atom stereocenters. The molecule has 0 saturated carbocycles. The van der Waals surface area contributed by atoms with Crippen LogP contribution in [0.5, 0.6) is 0 Å². The topological polar surface area (TPSA) is 49.4 Å². The van der Waals surface area contributed by atoms with Gasteiger partial charge in [-0.25, -0.2) is 8.42 Å². The molecule has 3 rings (SSSR count).